The summed E-state index contributed by atoms with van der Waals surface area (Å²) in [5, 5.41) is 3.78. The van der Waals surface area contributed by atoms with Crippen LogP contribution in [0.5, 0.6) is 0 Å². The standard InChI is InChI=1S/C8H10N2O2/c1-3-6-7(4-2)10-12-8(6)9-5-11/h3-4H2,1-2H3. The molecule has 12 heavy (non-hydrogen) atoms. The van der Waals surface area contributed by atoms with Crippen LogP contribution >= 0.6 is 0 Å². The molecule has 0 spiro atoms. The van der Waals surface area contributed by atoms with E-state index in [1.165, 1.54) is 6.08 Å². The highest BCUT2D eigenvalue weighted by atomic mass is 16.5. The molecule has 1 rings (SSSR count). The van der Waals surface area contributed by atoms with Gasteiger partial charge in [0.1, 0.15) is 0 Å². The summed E-state index contributed by atoms with van der Waals surface area (Å²) in [6, 6.07) is 0. The molecule has 0 radical (unpaired) electrons. The average Bonchev–Trinajstić information content (AvgIpc) is 2.47. The lowest BCUT2D eigenvalue weighted by molar-refractivity contribution is 0.421. The second-order valence-corrected chi connectivity index (χ2v) is 2.32. The van der Waals surface area contributed by atoms with Gasteiger partial charge in [-0.2, -0.15) is 0 Å². The van der Waals surface area contributed by atoms with Crippen molar-refractivity contribution < 1.29 is 9.32 Å². The molecule has 0 bridgehead atoms. The van der Waals surface area contributed by atoms with Gasteiger partial charge < -0.3 is 4.52 Å². The molecule has 0 fully saturated rings. The number of nitrogens with zero attached hydrogens (tertiary/aromatic N) is 2. The van der Waals surface area contributed by atoms with E-state index in [1.807, 2.05) is 13.8 Å². The second-order valence-electron chi connectivity index (χ2n) is 2.32. The highest BCUT2D eigenvalue weighted by Crippen LogP contribution is 2.22. The molecule has 0 aromatic carbocycles. The molecule has 0 unspecified atom stereocenters. The Hall–Kier alpha value is -1.41. The Balaban J connectivity index is 3.12. The zero-order chi connectivity index (χ0) is 8.97. The fourth-order valence-electron chi connectivity index (χ4n) is 1.09. The van der Waals surface area contributed by atoms with Gasteiger partial charge in [-0.05, 0) is 12.8 Å². The van der Waals surface area contributed by atoms with Gasteiger partial charge in [0.15, 0.2) is 0 Å². The van der Waals surface area contributed by atoms with Crippen LogP contribution in [0.15, 0.2) is 9.52 Å². The van der Waals surface area contributed by atoms with Crippen molar-refractivity contribution in [1.29, 1.82) is 0 Å². The molecule has 1 aromatic heterocycles. The first kappa shape index (κ1) is 8.68. The minimum Gasteiger partial charge on any atom is -0.335 e. The molecule has 0 amide bonds. The second kappa shape index (κ2) is 3.83. The van der Waals surface area contributed by atoms with Gasteiger partial charge in [-0.15, -0.1) is 4.99 Å². The van der Waals surface area contributed by atoms with Crippen molar-refractivity contribution in [1.82, 2.24) is 5.16 Å². The Kier molecular flexibility index (Phi) is 2.77. The predicted molar refractivity (Wildman–Crippen MR) is 43.0 cm³/mol. The topological polar surface area (TPSA) is 55.5 Å². The van der Waals surface area contributed by atoms with Crippen LogP contribution in [0, 0.1) is 0 Å². The number of aromatic nitrogens is 1. The molecule has 1 aromatic rings. The normalized spacial score (nSPS) is 9.50. The van der Waals surface area contributed by atoms with Crippen molar-refractivity contribution in [3.8, 4) is 0 Å². The van der Waals surface area contributed by atoms with Gasteiger partial charge in [0.2, 0.25) is 6.08 Å². The van der Waals surface area contributed by atoms with E-state index in [-0.39, 0.29) is 0 Å². The maximum atomic E-state index is 9.96. The number of carbonyl (C=O) groups excluding carboxylic acids is 1. The summed E-state index contributed by atoms with van der Waals surface area (Å²) in [6.45, 7) is 3.95. The predicted octanol–water partition coefficient (Wildman–Crippen LogP) is 1.77. The van der Waals surface area contributed by atoms with Gasteiger partial charge in [-0.25, -0.2) is 4.79 Å². The summed E-state index contributed by atoms with van der Waals surface area (Å²) in [5.41, 5.74) is 1.77. The Morgan fingerprint density at radius 2 is 2.25 bits per heavy atom. The van der Waals surface area contributed by atoms with Crippen molar-refractivity contribution in [3.63, 3.8) is 0 Å². The van der Waals surface area contributed by atoms with Crippen molar-refractivity contribution in [3.05, 3.63) is 11.3 Å². The van der Waals surface area contributed by atoms with E-state index < -0.39 is 0 Å². The van der Waals surface area contributed by atoms with Crippen LogP contribution in [0.3, 0.4) is 0 Å². The first-order valence-electron chi connectivity index (χ1n) is 3.88. The first-order valence-corrected chi connectivity index (χ1v) is 3.88. The van der Waals surface area contributed by atoms with E-state index in [0.29, 0.717) is 5.88 Å². The fraction of sp³-hybridized carbons (Fsp3) is 0.500. The van der Waals surface area contributed by atoms with Gasteiger partial charge in [0.05, 0.1) is 5.69 Å². The summed E-state index contributed by atoms with van der Waals surface area (Å²) >= 11 is 0. The molecule has 0 saturated carbocycles. The lowest BCUT2D eigenvalue weighted by Gasteiger charge is -1.91. The minimum atomic E-state index is 0.296. The van der Waals surface area contributed by atoms with Crippen LogP contribution in [-0.4, -0.2) is 11.2 Å². The molecular formula is C8H10N2O2. The van der Waals surface area contributed by atoms with E-state index in [9.17, 15) is 4.79 Å². The van der Waals surface area contributed by atoms with Crippen molar-refractivity contribution in [2.24, 2.45) is 4.99 Å². The molecule has 0 atom stereocenters. The van der Waals surface area contributed by atoms with Gasteiger partial charge in [-0.1, -0.05) is 19.0 Å². The Bertz CT molecular complexity index is 311. The third-order valence-corrected chi connectivity index (χ3v) is 1.68. The Morgan fingerprint density at radius 3 is 2.75 bits per heavy atom. The monoisotopic (exact) mass is 166 g/mol. The molecule has 1 heterocycles. The molecule has 4 nitrogen and oxygen atoms in total. The average molecular weight is 166 g/mol. The quantitative estimate of drug-likeness (QED) is 0.508. The maximum Gasteiger partial charge on any atom is 0.264 e. The summed E-state index contributed by atoms with van der Waals surface area (Å²) in [7, 11) is 0. The summed E-state index contributed by atoms with van der Waals surface area (Å²) in [6.07, 6.45) is 3.00. The number of rotatable bonds is 3. The summed E-state index contributed by atoms with van der Waals surface area (Å²) in [4.78, 5) is 13.4. The molecule has 4 heteroatoms. The fourth-order valence-corrected chi connectivity index (χ4v) is 1.09. The van der Waals surface area contributed by atoms with Crippen LogP contribution in [0.4, 0.5) is 5.88 Å². The molecule has 64 valence electrons. The van der Waals surface area contributed by atoms with Crippen LogP contribution < -0.4 is 0 Å². The molecule has 0 N–H and O–H groups in total. The van der Waals surface area contributed by atoms with Gasteiger partial charge in [0.25, 0.3) is 5.88 Å². The van der Waals surface area contributed by atoms with E-state index in [0.717, 1.165) is 24.1 Å². The van der Waals surface area contributed by atoms with E-state index in [1.54, 1.807) is 0 Å². The minimum absolute atomic E-state index is 0.296. The third-order valence-electron chi connectivity index (χ3n) is 1.68. The number of isocyanates is 1. The number of aliphatic imine (C=N–C) groups is 1. The van der Waals surface area contributed by atoms with Crippen LogP contribution in [0.2, 0.25) is 0 Å². The van der Waals surface area contributed by atoms with Crippen molar-refractivity contribution >= 4 is 12.0 Å². The lowest BCUT2D eigenvalue weighted by atomic mass is 10.1. The van der Waals surface area contributed by atoms with Crippen molar-refractivity contribution in [2.45, 2.75) is 26.7 Å². The van der Waals surface area contributed by atoms with Gasteiger partial charge >= 0.3 is 0 Å². The Morgan fingerprint density at radius 1 is 1.50 bits per heavy atom. The Labute approximate surface area is 70.3 Å². The molecule has 0 aliphatic carbocycles. The van der Waals surface area contributed by atoms with E-state index in [4.69, 9.17) is 4.52 Å². The van der Waals surface area contributed by atoms with E-state index in [2.05, 4.69) is 10.1 Å². The van der Waals surface area contributed by atoms with Crippen LogP contribution in [0.25, 0.3) is 0 Å². The number of hydrogen-bond acceptors (Lipinski definition) is 4. The van der Waals surface area contributed by atoms with Crippen LogP contribution in [0.1, 0.15) is 25.1 Å². The molecular weight excluding hydrogens is 156 g/mol. The first-order chi connectivity index (χ1) is 5.83. The van der Waals surface area contributed by atoms with E-state index >= 15 is 0 Å². The van der Waals surface area contributed by atoms with Gasteiger partial charge in [-0.3, -0.25) is 0 Å². The zero-order valence-corrected chi connectivity index (χ0v) is 7.13. The smallest absolute Gasteiger partial charge is 0.264 e. The van der Waals surface area contributed by atoms with Gasteiger partial charge in [0, 0.05) is 5.56 Å². The summed E-state index contributed by atoms with van der Waals surface area (Å²) < 4.78 is 4.84. The van der Waals surface area contributed by atoms with Crippen molar-refractivity contribution in [2.75, 3.05) is 0 Å². The highest BCUT2D eigenvalue weighted by molar-refractivity contribution is 5.48. The largest absolute Gasteiger partial charge is 0.335 e. The zero-order valence-electron chi connectivity index (χ0n) is 7.13. The van der Waals surface area contributed by atoms with Crippen LogP contribution in [-0.2, 0) is 17.6 Å². The SMILES string of the molecule is CCc1noc(N=C=O)c1CC. The molecule has 0 aliphatic rings. The number of aryl methyl sites for hydroxylation is 1. The number of hydrogen-bond donors (Lipinski definition) is 0. The third kappa shape index (κ3) is 1.43. The molecule has 0 aliphatic heterocycles. The molecule has 0 saturated heterocycles. The lowest BCUT2D eigenvalue weighted by Crippen LogP contribution is -1.86. The highest BCUT2D eigenvalue weighted by Gasteiger charge is 2.11. The summed E-state index contributed by atoms with van der Waals surface area (Å²) in [5.74, 6) is 0.296. The maximum absolute atomic E-state index is 9.96.